The SMILES string of the molecule is CC.C[C@@H]1C=C(N(c2ccc(C3=CCC4C(=C3)c3ccccc3N4c3ccccc3)cc2)c2ccc(-c3cccc4c3oc3ccccc34)cc2)C=CC1c1cccc2c1sc1ccccc12. The fourth-order valence-electron chi connectivity index (χ4n) is 10.8. The van der Waals surface area contributed by atoms with E-state index >= 15 is 0 Å². The average molecular weight is 883 g/mol. The summed E-state index contributed by atoms with van der Waals surface area (Å²) in [6.07, 6.45) is 13.0. The van der Waals surface area contributed by atoms with E-state index in [-0.39, 0.29) is 17.9 Å². The normalized spacial score (nSPS) is 17.4. The lowest BCUT2D eigenvalue weighted by Crippen LogP contribution is -2.27. The second-order valence-corrected chi connectivity index (χ2v) is 18.7. The second kappa shape index (κ2) is 17.0. The minimum absolute atomic E-state index is 0.264. The quantitative estimate of drug-likeness (QED) is 0.159. The molecule has 2 unspecified atom stereocenters. The van der Waals surface area contributed by atoms with Crippen LogP contribution in [0.4, 0.5) is 22.7 Å². The molecule has 3 aliphatic rings. The Bertz CT molecular complexity index is 3610. The number of hydrogen-bond donors (Lipinski definition) is 0. The van der Waals surface area contributed by atoms with Gasteiger partial charge in [0.25, 0.3) is 0 Å². The van der Waals surface area contributed by atoms with Crippen LogP contribution in [0, 0.1) is 5.92 Å². The minimum atomic E-state index is 0.264. The largest absolute Gasteiger partial charge is 0.455 e. The molecule has 0 saturated heterocycles. The van der Waals surface area contributed by atoms with Crippen LogP contribution < -0.4 is 9.80 Å². The molecule has 0 spiro atoms. The lowest BCUT2D eigenvalue weighted by molar-refractivity contribution is 0.632. The Balaban J connectivity index is 0.00000231. The zero-order valence-electron chi connectivity index (χ0n) is 37.9. The summed E-state index contributed by atoms with van der Waals surface area (Å²) in [6, 6.07) is 68.6. The molecule has 2 aromatic heterocycles. The summed E-state index contributed by atoms with van der Waals surface area (Å²) in [7, 11) is 0. The number of allylic oxidation sites excluding steroid dienone is 5. The maximum absolute atomic E-state index is 6.47. The van der Waals surface area contributed by atoms with Gasteiger partial charge in [0.2, 0.25) is 0 Å². The van der Waals surface area contributed by atoms with Crippen molar-refractivity contribution in [1.82, 2.24) is 0 Å². The molecule has 8 aromatic carbocycles. The summed E-state index contributed by atoms with van der Waals surface area (Å²) in [5.74, 6) is 0.536. The highest BCUT2D eigenvalue weighted by Gasteiger charge is 2.36. The number of anilines is 4. The zero-order valence-corrected chi connectivity index (χ0v) is 38.8. The Morgan fingerprint density at radius 3 is 2.06 bits per heavy atom. The van der Waals surface area contributed by atoms with Gasteiger partial charge in [-0.2, -0.15) is 0 Å². The minimum Gasteiger partial charge on any atom is -0.455 e. The molecule has 0 radical (unpaired) electrons. The summed E-state index contributed by atoms with van der Waals surface area (Å²) in [5.41, 5.74) is 16.6. The third-order valence-electron chi connectivity index (χ3n) is 13.9. The van der Waals surface area contributed by atoms with E-state index in [2.05, 4.69) is 229 Å². The summed E-state index contributed by atoms with van der Waals surface area (Å²) in [4.78, 5) is 4.94. The third kappa shape index (κ3) is 6.94. The van der Waals surface area contributed by atoms with Crippen LogP contribution in [-0.4, -0.2) is 6.04 Å². The van der Waals surface area contributed by atoms with Gasteiger partial charge in [0.05, 0.1) is 6.04 Å². The van der Waals surface area contributed by atoms with Crippen LogP contribution >= 0.6 is 11.3 Å². The van der Waals surface area contributed by atoms with E-state index in [4.69, 9.17) is 4.42 Å². The van der Waals surface area contributed by atoms with Gasteiger partial charge in [0.15, 0.2) is 0 Å². The van der Waals surface area contributed by atoms with E-state index in [9.17, 15) is 0 Å². The highest BCUT2D eigenvalue weighted by Crippen LogP contribution is 2.50. The molecule has 3 nitrogen and oxygen atoms in total. The van der Waals surface area contributed by atoms with Crippen molar-refractivity contribution in [3.63, 3.8) is 0 Å². The first-order valence-electron chi connectivity index (χ1n) is 23.7. The lowest BCUT2D eigenvalue weighted by Gasteiger charge is -2.32. The molecular weight excluding hydrogens is 833 g/mol. The van der Waals surface area contributed by atoms with Crippen LogP contribution in [0.25, 0.3) is 64.4 Å². The van der Waals surface area contributed by atoms with Crippen LogP contribution in [0.2, 0.25) is 0 Å². The summed E-state index contributed by atoms with van der Waals surface area (Å²) < 4.78 is 9.20. The highest BCUT2D eigenvalue weighted by atomic mass is 32.1. The summed E-state index contributed by atoms with van der Waals surface area (Å²) >= 11 is 1.92. The van der Waals surface area contributed by atoms with Gasteiger partial charge in [-0.3, -0.25) is 0 Å². The van der Waals surface area contributed by atoms with Gasteiger partial charge in [-0.1, -0.05) is 172 Å². The van der Waals surface area contributed by atoms with E-state index in [0.29, 0.717) is 0 Å². The molecule has 324 valence electrons. The fraction of sp³-hybridized carbons (Fsp3) is 0.111. The van der Waals surface area contributed by atoms with Crippen LogP contribution in [0.3, 0.4) is 0 Å². The molecule has 0 N–H and O–H groups in total. The molecule has 10 aromatic rings. The number of thiophene rings is 1. The Morgan fingerprint density at radius 1 is 0.597 bits per heavy atom. The number of para-hydroxylation sites is 4. The summed E-state index contributed by atoms with van der Waals surface area (Å²) in [6.45, 7) is 6.37. The van der Waals surface area contributed by atoms with Gasteiger partial charge in [-0.05, 0) is 107 Å². The van der Waals surface area contributed by atoms with Crippen molar-refractivity contribution >= 4 is 87.3 Å². The van der Waals surface area contributed by atoms with E-state index in [1.165, 1.54) is 65.1 Å². The molecule has 0 saturated carbocycles. The Labute approximate surface area is 396 Å². The molecule has 0 fully saturated rings. The maximum Gasteiger partial charge on any atom is 0.143 e. The predicted molar refractivity (Wildman–Crippen MR) is 287 cm³/mol. The molecule has 67 heavy (non-hydrogen) atoms. The predicted octanol–water partition coefficient (Wildman–Crippen LogP) is 18.0. The number of rotatable bonds is 7. The zero-order chi connectivity index (χ0) is 45.0. The van der Waals surface area contributed by atoms with Gasteiger partial charge < -0.3 is 14.2 Å². The Morgan fingerprint density at radius 2 is 1.25 bits per heavy atom. The van der Waals surface area contributed by atoms with Gasteiger partial charge in [0.1, 0.15) is 11.2 Å². The highest BCUT2D eigenvalue weighted by molar-refractivity contribution is 7.26. The van der Waals surface area contributed by atoms with Crippen molar-refractivity contribution in [2.24, 2.45) is 5.92 Å². The third-order valence-corrected chi connectivity index (χ3v) is 15.1. The molecule has 3 atom stereocenters. The van der Waals surface area contributed by atoms with E-state index in [1.807, 2.05) is 31.3 Å². The van der Waals surface area contributed by atoms with E-state index in [1.54, 1.807) is 0 Å². The van der Waals surface area contributed by atoms with Crippen molar-refractivity contribution in [3.05, 3.63) is 241 Å². The van der Waals surface area contributed by atoms with Crippen molar-refractivity contribution in [1.29, 1.82) is 0 Å². The molecule has 2 aliphatic carbocycles. The first-order valence-corrected chi connectivity index (χ1v) is 24.5. The maximum atomic E-state index is 6.47. The molecule has 1 aliphatic heterocycles. The average Bonchev–Trinajstić information content (AvgIpc) is 4.08. The fourth-order valence-corrected chi connectivity index (χ4v) is 12.0. The Kier molecular flexibility index (Phi) is 10.3. The molecular formula is C63H50N2OS. The van der Waals surface area contributed by atoms with Gasteiger partial charge in [-0.25, -0.2) is 0 Å². The van der Waals surface area contributed by atoms with Gasteiger partial charge in [0, 0.05) is 76.4 Å². The smallest absolute Gasteiger partial charge is 0.143 e. The van der Waals surface area contributed by atoms with Crippen LogP contribution in [0.15, 0.2) is 229 Å². The monoisotopic (exact) mass is 882 g/mol. The van der Waals surface area contributed by atoms with E-state index in [0.717, 1.165) is 50.9 Å². The number of fused-ring (bicyclic) bond motifs is 9. The van der Waals surface area contributed by atoms with Crippen LogP contribution in [0.1, 0.15) is 49.8 Å². The number of hydrogen-bond acceptors (Lipinski definition) is 4. The van der Waals surface area contributed by atoms with Crippen molar-refractivity contribution in [3.8, 4) is 11.1 Å². The van der Waals surface area contributed by atoms with Crippen molar-refractivity contribution in [2.75, 3.05) is 9.80 Å². The van der Waals surface area contributed by atoms with Crippen LogP contribution in [0.5, 0.6) is 0 Å². The topological polar surface area (TPSA) is 19.6 Å². The lowest BCUT2D eigenvalue weighted by atomic mass is 9.82. The molecule has 0 bridgehead atoms. The van der Waals surface area contributed by atoms with Crippen molar-refractivity contribution in [2.45, 2.75) is 39.2 Å². The molecule has 4 heteroatoms. The van der Waals surface area contributed by atoms with E-state index < -0.39 is 0 Å². The first-order chi connectivity index (χ1) is 33.1. The standard InChI is InChI=1S/C61H44N2OS.C2H6/c1-39-37-46(34-35-47(39)53-20-12-21-54-51-17-7-10-24-59(51)65-61(53)54)62(45-32-27-41(28-33-45)48-18-11-19-52-50-16-6-9-23-58(50)64-60(48)52)44-30-25-40(26-31-44)42-29-36-57-55(38-42)49-15-5-8-22-56(49)63(57)43-13-3-2-4-14-43;1-2/h2-35,37-39,47,57H,36H2,1H3;1-2H3/t39-,47?,57?;/m1./s1. The molecule has 0 amide bonds. The van der Waals surface area contributed by atoms with Gasteiger partial charge >= 0.3 is 0 Å². The Hall–Kier alpha value is -7.66. The van der Waals surface area contributed by atoms with Crippen molar-refractivity contribution < 1.29 is 4.42 Å². The number of benzene rings is 8. The second-order valence-electron chi connectivity index (χ2n) is 17.6. The van der Waals surface area contributed by atoms with Crippen LogP contribution in [-0.2, 0) is 0 Å². The number of nitrogens with zero attached hydrogens (tertiary/aromatic N) is 2. The number of furan rings is 1. The molecule has 3 heterocycles. The summed E-state index contributed by atoms with van der Waals surface area (Å²) in [5, 5.41) is 4.98. The van der Waals surface area contributed by atoms with Gasteiger partial charge in [-0.15, -0.1) is 11.3 Å². The first kappa shape index (κ1) is 40.8. The molecule has 13 rings (SSSR count).